The minimum absolute atomic E-state index is 0.0100. The van der Waals surface area contributed by atoms with Crippen LogP contribution in [0.1, 0.15) is 15.9 Å². The van der Waals surface area contributed by atoms with Gasteiger partial charge in [0.2, 0.25) is 0 Å². The van der Waals surface area contributed by atoms with Crippen LogP contribution in [-0.4, -0.2) is 20.0 Å². The number of methoxy groups -OCH3 is 2. The summed E-state index contributed by atoms with van der Waals surface area (Å²) in [6.07, 6.45) is 0. The lowest BCUT2D eigenvalue weighted by molar-refractivity contribution is 0.103. The van der Waals surface area contributed by atoms with E-state index in [0.29, 0.717) is 0 Å². The van der Waals surface area contributed by atoms with Gasteiger partial charge in [0.15, 0.2) is 17.3 Å². The van der Waals surface area contributed by atoms with Crippen LogP contribution in [0.4, 0.5) is 8.78 Å². The lowest BCUT2D eigenvalue weighted by Gasteiger charge is -2.11. The van der Waals surface area contributed by atoms with Gasteiger partial charge in [-0.3, -0.25) is 4.79 Å². The van der Waals surface area contributed by atoms with E-state index in [4.69, 9.17) is 9.47 Å². The maximum atomic E-state index is 14.1. The number of carbonyl (C=O) groups is 1. The van der Waals surface area contributed by atoms with Crippen LogP contribution >= 0.6 is 15.9 Å². The Labute approximate surface area is 128 Å². The Morgan fingerprint density at radius 1 is 1.00 bits per heavy atom. The van der Waals surface area contributed by atoms with Gasteiger partial charge in [-0.2, -0.15) is 0 Å². The van der Waals surface area contributed by atoms with E-state index < -0.39 is 17.4 Å². The second-order valence-corrected chi connectivity index (χ2v) is 4.91. The number of rotatable bonds is 4. The van der Waals surface area contributed by atoms with Crippen LogP contribution < -0.4 is 9.47 Å². The van der Waals surface area contributed by atoms with Crippen molar-refractivity contribution >= 4 is 21.7 Å². The van der Waals surface area contributed by atoms with Crippen LogP contribution in [0.15, 0.2) is 34.8 Å². The summed E-state index contributed by atoms with van der Waals surface area (Å²) < 4.78 is 37.5. The van der Waals surface area contributed by atoms with Crippen molar-refractivity contribution in [2.24, 2.45) is 0 Å². The summed E-state index contributed by atoms with van der Waals surface area (Å²) in [5.41, 5.74) is -0.194. The van der Waals surface area contributed by atoms with E-state index in [9.17, 15) is 13.6 Å². The second-order valence-electron chi connectivity index (χ2n) is 4.12. The Hall–Kier alpha value is -1.95. The average Bonchev–Trinajstić information content (AvgIpc) is 2.49. The molecule has 0 spiro atoms. The van der Waals surface area contributed by atoms with Gasteiger partial charge in [-0.1, -0.05) is 6.07 Å². The molecule has 2 rings (SSSR count). The minimum Gasteiger partial charge on any atom is -0.493 e. The molecule has 0 saturated heterocycles. The van der Waals surface area contributed by atoms with Crippen LogP contribution in [0.2, 0.25) is 0 Å². The van der Waals surface area contributed by atoms with Gasteiger partial charge in [-0.15, -0.1) is 0 Å². The van der Waals surface area contributed by atoms with E-state index in [1.807, 2.05) is 0 Å². The van der Waals surface area contributed by atoms with Crippen LogP contribution in [0.25, 0.3) is 0 Å². The summed E-state index contributed by atoms with van der Waals surface area (Å²) in [6, 6.07) is 6.27. The maximum Gasteiger partial charge on any atom is 0.197 e. The Morgan fingerprint density at radius 3 is 2.24 bits per heavy atom. The molecule has 0 amide bonds. The minimum atomic E-state index is -0.770. The summed E-state index contributed by atoms with van der Waals surface area (Å²) in [7, 11) is 2.74. The molecule has 0 saturated carbocycles. The van der Waals surface area contributed by atoms with Gasteiger partial charge in [0.05, 0.1) is 24.3 Å². The third-order valence-electron chi connectivity index (χ3n) is 2.91. The van der Waals surface area contributed by atoms with Gasteiger partial charge in [0.25, 0.3) is 0 Å². The number of ether oxygens (including phenoxy) is 2. The van der Waals surface area contributed by atoms with Gasteiger partial charge in [-0.05, 0) is 34.1 Å². The monoisotopic (exact) mass is 356 g/mol. The molecule has 0 aliphatic heterocycles. The number of halogens is 3. The molecule has 0 aliphatic carbocycles. The van der Waals surface area contributed by atoms with Gasteiger partial charge >= 0.3 is 0 Å². The fourth-order valence-electron chi connectivity index (χ4n) is 1.85. The molecule has 0 aliphatic rings. The molecule has 21 heavy (non-hydrogen) atoms. The van der Waals surface area contributed by atoms with Crippen LogP contribution in [0, 0.1) is 11.6 Å². The number of hydrogen-bond donors (Lipinski definition) is 0. The molecule has 2 aromatic rings. The first-order valence-corrected chi connectivity index (χ1v) is 6.69. The molecular formula is C15H11BrF2O3. The smallest absolute Gasteiger partial charge is 0.197 e. The van der Waals surface area contributed by atoms with Gasteiger partial charge < -0.3 is 9.47 Å². The molecule has 110 valence electrons. The molecule has 0 aromatic heterocycles. The zero-order valence-corrected chi connectivity index (χ0v) is 12.8. The van der Waals surface area contributed by atoms with E-state index in [-0.39, 0.29) is 27.1 Å². The third-order valence-corrected chi connectivity index (χ3v) is 3.72. The molecule has 0 radical (unpaired) electrons. The van der Waals surface area contributed by atoms with E-state index in [1.54, 1.807) is 0 Å². The standard InChI is InChI=1S/C15H11BrF2O3/c1-20-12-6-9(11(18)7-13(12)21-2)15(19)8-4-3-5-10(17)14(8)16/h3-7H,1-2H3. The van der Waals surface area contributed by atoms with Crippen molar-refractivity contribution in [3.8, 4) is 11.5 Å². The topological polar surface area (TPSA) is 35.5 Å². The van der Waals surface area contributed by atoms with Crippen molar-refractivity contribution in [2.75, 3.05) is 14.2 Å². The Bertz CT molecular complexity index is 702. The van der Waals surface area contributed by atoms with Crippen molar-refractivity contribution < 1.29 is 23.0 Å². The predicted molar refractivity (Wildman–Crippen MR) is 77.0 cm³/mol. The average molecular weight is 357 g/mol. The van der Waals surface area contributed by atoms with Crippen molar-refractivity contribution in [3.05, 3.63) is 57.6 Å². The molecule has 0 unspecified atom stereocenters. The number of carbonyl (C=O) groups excluding carboxylic acids is 1. The molecular weight excluding hydrogens is 346 g/mol. The van der Waals surface area contributed by atoms with Crippen LogP contribution in [0.3, 0.4) is 0 Å². The molecule has 3 nitrogen and oxygen atoms in total. The summed E-state index contributed by atoms with van der Waals surface area (Å²) in [5, 5.41) is 0. The summed E-state index contributed by atoms with van der Waals surface area (Å²) in [4.78, 5) is 12.4. The zero-order valence-electron chi connectivity index (χ0n) is 11.2. The SMILES string of the molecule is COc1cc(F)c(C(=O)c2cccc(F)c2Br)cc1OC. The van der Waals surface area contributed by atoms with E-state index >= 15 is 0 Å². The fourth-order valence-corrected chi connectivity index (χ4v) is 2.30. The van der Waals surface area contributed by atoms with E-state index in [0.717, 1.165) is 6.07 Å². The van der Waals surface area contributed by atoms with E-state index in [1.165, 1.54) is 38.5 Å². The largest absolute Gasteiger partial charge is 0.493 e. The highest BCUT2D eigenvalue weighted by Crippen LogP contribution is 2.32. The second kappa shape index (κ2) is 6.22. The van der Waals surface area contributed by atoms with Gasteiger partial charge in [0.1, 0.15) is 11.6 Å². The first kappa shape index (κ1) is 15.4. The molecule has 2 aromatic carbocycles. The first-order valence-electron chi connectivity index (χ1n) is 5.89. The normalized spacial score (nSPS) is 10.3. The zero-order chi connectivity index (χ0) is 15.6. The summed E-state index contributed by atoms with van der Waals surface area (Å²) in [5.74, 6) is -1.63. The molecule has 0 bridgehead atoms. The summed E-state index contributed by atoms with van der Waals surface area (Å²) >= 11 is 2.99. The highest BCUT2D eigenvalue weighted by atomic mass is 79.9. The Kier molecular flexibility index (Phi) is 4.57. The quantitative estimate of drug-likeness (QED) is 0.777. The number of benzene rings is 2. The molecule has 6 heteroatoms. The van der Waals surface area contributed by atoms with Crippen molar-refractivity contribution in [1.82, 2.24) is 0 Å². The maximum absolute atomic E-state index is 14.1. The molecule has 0 heterocycles. The third kappa shape index (κ3) is 2.90. The highest BCUT2D eigenvalue weighted by Gasteiger charge is 2.21. The fraction of sp³-hybridized carbons (Fsp3) is 0.133. The summed E-state index contributed by atoms with van der Waals surface area (Å²) in [6.45, 7) is 0. The first-order chi connectivity index (χ1) is 9.99. The number of ketones is 1. The van der Waals surface area contributed by atoms with Gasteiger partial charge in [0, 0.05) is 11.6 Å². The predicted octanol–water partition coefficient (Wildman–Crippen LogP) is 3.98. The van der Waals surface area contributed by atoms with Crippen molar-refractivity contribution in [3.63, 3.8) is 0 Å². The Balaban J connectivity index is 2.56. The van der Waals surface area contributed by atoms with Crippen LogP contribution in [0.5, 0.6) is 11.5 Å². The molecule has 0 N–H and O–H groups in total. The molecule has 0 atom stereocenters. The van der Waals surface area contributed by atoms with Gasteiger partial charge in [-0.25, -0.2) is 8.78 Å². The van der Waals surface area contributed by atoms with Crippen LogP contribution in [-0.2, 0) is 0 Å². The van der Waals surface area contributed by atoms with Crippen molar-refractivity contribution in [1.29, 1.82) is 0 Å². The molecule has 0 fully saturated rings. The lowest BCUT2D eigenvalue weighted by atomic mass is 10.0. The number of hydrogen-bond acceptors (Lipinski definition) is 3. The lowest BCUT2D eigenvalue weighted by Crippen LogP contribution is -2.07. The van der Waals surface area contributed by atoms with Crippen molar-refractivity contribution in [2.45, 2.75) is 0 Å². The Morgan fingerprint density at radius 2 is 1.62 bits per heavy atom. The highest BCUT2D eigenvalue weighted by molar-refractivity contribution is 9.10. The van der Waals surface area contributed by atoms with E-state index in [2.05, 4.69) is 15.9 Å².